The molecule has 8 rings (SSSR count). The Morgan fingerprint density at radius 1 is 0.490 bits per heavy atom. The third-order valence-corrected chi connectivity index (χ3v) is 27.9. The van der Waals surface area contributed by atoms with Crippen LogP contribution < -0.4 is 20.9 Å². The van der Waals surface area contributed by atoms with Gasteiger partial charge in [0.15, 0.2) is 0 Å². The summed E-state index contributed by atoms with van der Waals surface area (Å²) in [7, 11) is 0. The fraction of sp³-hybridized carbons (Fsp3) is 0.234. The summed E-state index contributed by atoms with van der Waals surface area (Å²) in [6, 6.07) is 50.4. The fourth-order valence-electron chi connectivity index (χ4n) is 8.74. The van der Waals surface area contributed by atoms with Gasteiger partial charge >= 0.3 is 265 Å². The van der Waals surface area contributed by atoms with E-state index in [0.717, 1.165) is 0 Å². The summed E-state index contributed by atoms with van der Waals surface area (Å²) in [6.07, 6.45) is 10.8. The van der Waals surface area contributed by atoms with Gasteiger partial charge in [0.1, 0.15) is 0 Å². The Morgan fingerprint density at radius 3 is 1.27 bits per heavy atom. The first-order valence-corrected chi connectivity index (χ1v) is 28.2. The molecule has 0 fully saturated rings. The van der Waals surface area contributed by atoms with Crippen LogP contribution in [0.3, 0.4) is 0 Å². The van der Waals surface area contributed by atoms with E-state index in [4.69, 9.17) is 0 Å². The second kappa shape index (κ2) is 16.8. The van der Waals surface area contributed by atoms with Crippen LogP contribution in [0.15, 0.2) is 133 Å². The molecule has 6 aromatic carbocycles. The van der Waals surface area contributed by atoms with Crippen LogP contribution in [0.5, 0.6) is 0 Å². The average molecular weight is 806 g/mol. The molecule has 0 heterocycles. The molecule has 0 bridgehead atoms. The van der Waals surface area contributed by atoms with Crippen molar-refractivity contribution in [3.05, 3.63) is 165 Å². The Morgan fingerprint density at radius 2 is 0.863 bits per heavy atom. The Bertz CT molecular complexity index is 2240. The average Bonchev–Trinajstić information content (AvgIpc) is 3.62. The zero-order chi connectivity index (χ0) is 34.0. The minimum atomic E-state index is -2.47. The van der Waals surface area contributed by atoms with Gasteiger partial charge in [-0.05, 0) is 0 Å². The Kier molecular flexibility index (Phi) is 12.9. The van der Waals surface area contributed by atoms with Gasteiger partial charge in [0.05, 0.1) is 0 Å². The van der Waals surface area contributed by atoms with Crippen LogP contribution in [-0.2, 0) is 31.7 Å². The van der Waals surface area contributed by atoms with Crippen LogP contribution >= 0.6 is 24.8 Å². The number of fused-ring (bicyclic) bond motifs is 4. The number of hydrogen-bond donors (Lipinski definition) is 0. The zero-order valence-corrected chi connectivity index (χ0v) is 36.2. The van der Waals surface area contributed by atoms with Gasteiger partial charge in [-0.1, -0.05) is 39.5 Å². The van der Waals surface area contributed by atoms with E-state index in [-0.39, 0.29) is 42.3 Å². The molecule has 6 aromatic rings. The standard InChI is InChI=1S/2C20H15.C6H14.CH5Si.2ClH.Zr/c2*1-20(13-16-8-2-3-9-17(16)14-20)19-12-6-10-15-7-4-5-11-18(15)19;1-3-5-6-4-2;1-2;;;/h2*2-13H,1H3;3-6H2,1-2H3;2H2,1H3;2*1H;. The minimum absolute atomic E-state index is 0. The summed E-state index contributed by atoms with van der Waals surface area (Å²) in [6.45, 7) is 11.8. The SMILES string of the molecule is CCCCCC.C[SiH2][Zr]([C]1=c2ccccc2=CC1(C)c1cccc2ccccc12)[C]1=c2ccccc2=CC1(C)c1cccc2ccccc12.Cl.Cl. The Hall–Kier alpha value is -3.00. The molecule has 0 nitrogen and oxygen atoms in total. The molecule has 0 aliphatic heterocycles. The molecule has 0 saturated heterocycles. The first-order chi connectivity index (χ1) is 23.9. The number of benzene rings is 6. The predicted octanol–water partition coefficient (Wildman–Crippen LogP) is 9.59. The van der Waals surface area contributed by atoms with Gasteiger partial charge in [0, 0.05) is 0 Å². The van der Waals surface area contributed by atoms with Crippen molar-refractivity contribution in [2.75, 3.05) is 0 Å². The van der Waals surface area contributed by atoms with Gasteiger partial charge in [-0.25, -0.2) is 0 Å². The fourth-order valence-corrected chi connectivity index (χ4v) is 28.7. The normalized spacial score (nSPS) is 18.6. The molecule has 2 aliphatic rings. The van der Waals surface area contributed by atoms with Crippen LogP contribution in [0, 0.1) is 0 Å². The van der Waals surface area contributed by atoms with E-state index < -0.39 is 20.9 Å². The van der Waals surface area contributed by atoms with Crippen molar-refractivity contribution >= 4 is 71.7 Å². The first kappa shape index (κ1) is 39.2. The molecule has 0 saturated carbocycles. The van der Waals surface area contributed by atoms with Crippen molar-refractivity contribution in [2.24, 2.45) is 0 Å². The number of unbranched alkanes of at least 4 members (excludes halogenated alkanes) is 3. The van der Waals surface area contributed by atoms with Crippen molar-refractivity contribution in [1.29, 1.82) is 0 Å². The van der Waals surface area contributed by atoms with Gasteiger partial charge in [-0.3, -0.25) is 0 Å². The van der Waals surface area contributed by atoms with E-state index in [1.54, 1.807) is 6.56 Å². The molecular formula is C47H51Cl2SiZr. The third-order valence-electron chi connectivity index (χ3n) is 11.0. The summed E-state index contributed by atoms with van der Waals surface area (Å²) >= 11 is -2.47. The Balaban J connectivity index is 0.000000583. The molecule has 261 valence electrons. The molecule has 2 aliphatic carbocycles. The largest absolute Gasteiger partial charge is 0.147 e. The van der Waals surface area contributed by atoms with Gasteiger partial charge in [-0.2, -0.15) is 0 Å². The predicted molar refractivity (Wildman–Crippen MR) is 228 cm³/mol. The molecule has 0 radical (unpaired) electrons. The van der Waals surface area contributed by atoms with Crippen LogP contribution in [0.4, 0.5) is 0 Å². The number of rotatable bonds is 8. The van der Waals surface area contributed by atoms with E-state index in [9.17, 15) is 0 Å². The summed E-state index contributed by atoms with van der Waals surface area (Å²) in [5, 5.41) is 11.3. The second-order valence-electron chi connectivity index (χ2n) is 14.2. The Labute approximate surface area is 326 Å². The van der Waals surface area contributed by atoms with Gasteiger partial charge < -0.3 is 0 Å². The molecule has 4 heteroatoms. The molecule has 0 aromatic heterocycles. The smallest absolute Gasteiger partial charge is 0.147 e. The quantitative estimate of drug-likeness (QED) is 0.106. The van der Waals surface area contributed by atoms with Crippen LogP contribution in [0.25, 0.3) is 40.3 Å². The minimum Gasteiger partial charge on any atom is -0.147 e. The van der Waals surface area contributed by atoms with Crippen molar-refractivity contribution in [3.8, 4) is 0 Å². The van der Waals surface area contributed by atoms with Crippen LogP contribution in [0.2, 0.25) is 6.55 Å². The second-order valence-corrected chi connectivity index (χ2v) is 29.1. The molecule has 51 heavy (non-hydrogen) atoms. The maximum Gasteiger partial charge on any atom is -0.147 e. The summed E-state index contributed by atoms with van der Waals surface area (Å²) in [5.74, 6) is 0. The zero-order valence-electron chi connectivity index (χ0n) is 30.7. The van der Waals surface area contributed by atoms with E-state index in [1.165, 1.54) is 79.2 Å². The molecule has 0 amide bonds. The number of hydrogen-bond acceptors (Lipinski definition) is 0. The number of halogens is 2. The molecule has 0 spiro atoms. The summed E-state index contributed by atoms with van der Waals surface area (Å²) < 4.78 is 3.56. The van der Waals surface area contributed by atoms with E-state index >= 15 is 0 Å². The van der Waals surface area contributed by atoms with Crippen molar-refractivity contribution in [1.82, 2.24) is 0 Å². The monoisotopic (exact) mass is 803 g/mol. The third kappa shape index (κ3) is 7.07. The molecule has 0 N–H and O–H groups in total. The van der Waals surface area contributed by atoms with Gasteiger partial charge in [-0.15, -0.1) is 24.8 Å². The summed E-state index contributed by atoms with van der Waals surface area (Å²) in [5.41, 5.74) is 2.65. The summed E-state index contributed by atoms with van der Waals surface area (Å²) in [4.78, 5) is 0. The molecule has 2 unspecified atom stereocenters. The van der Waals surface area contributed by atoms with Gasteiger partial charge in [0.25, 0.3) is 0 Å². The van der Waals surface area contributed by atoms with Crippen LogP contribution in [-0.4, -0.2) is 6.65 Å². The van der Waals surface area contributed by atoms with Crippen molar-refractivity contribution in [3.63, 3.8) is 0 Å². The van der Waals surface area contributed by atoms with Crippen molar-refractivity contribution in [2.45, 2.75) is 70.8 Å². The van der Waals surface area contributed by atoms with E-state index in [2.05, 4.69) is 180 Å². The maximum absolute atomic E-state index is 2.62. The molecule has 2 atom stereocenters. The first-order valence-electron chi connectivity index (χ1n) is 18.4. The van der Waals surface area contributed by atoms with Gasteiger partial charge in [0.2, 0.25) is 0 Å². The van der Waals surface area contributed by atoms with Crippen LogP contribution in [0.1, 0.15) is 64.5 Å². The topological polar surface area (TPSA) is 0 Å². The molecular weight excluding hydrogens is 755 g/mol. The van der Waals surface area contributed by atoms with E-state index in [1.807, 2.05) is 0 Å². The van der Waals surface area contributed by atoms with E-state index in [0.29, 0.717) is 0 Å². The van der Waals surface area contributed by atoms with Crippen molar-refractivity contribution < 1.29 is 20.9 Å². The maximum atomic E-state index is 2.62.